The number of hydrogen-bond acceptors (Lipinski definition) is 2. The van der Waals surface area contributed by atoms with Gasteiger partial charge in [0.15, 0.2) is 0 Å². The largest absolute Gasteiger partial charge is 0.480 e. The highest BCUT2D eigenvalue weighted by Gasteiger charge is 2.38. The van der Waals surface area contributed by atoms with Gasteiger partial charge in [-0.3, -0.25) is 4.79 Å². The number of nitrogens with one attached hydrogen (secondary N) is 1. The molecule has 0 aromatic carbocycles. The third kappa shape index (κ3) is 5.38. The predicted molar refractivity (Wildman–Crippen MR) is 66.0 cm³/mol. The first-order chi connectivity index (χ1) is 9.00. The van der Waals surface area contributed by atoms with Crippen molar-refractivity contribution in [3.05, 3.63) is 0 Å². The number of rotatable bonds is 4. The van der Waals surface area contributed by atoms with Gasteiger partial charge in [-0.05, 0) is 24.7 Å². The summed E-state index contributed by atoms with van der Waals surface area (Å²) in [5, 5.41) is 10.8. The number of amides is 1. The predicted octanol–water partition coefficient (Wildman–Crippen LogP) is 2.72. The summed E-state index contributed by atoms with van der Waals surface area (Å²) in [7, 11) is 0. The van der Waals surface area contributed by atoms with E-state index in [4.69, 9.17) is 5.11 Å². The smallest absolute Gasteiger partial charge is 0.391 e. The van der Waals surface area contributed by atoms with Crippen LogP contribution in [0.25, 0.3) is 0 Å². The minimum absolute atomic E-state index is 0.0387. The van der Waals surface area contributed by atoms with Crippen LogP contribution in [-0.2, 0) is 9.59 Å². The highest BCUT2D eigenvalue weighted by molar-refractivity contribution is 5.85. The van der Waals surface area contributed by atoms with E-state index in [1.54, 1.807) is 0 Å². The molecular formula is C13H20F3NO3. The van der Waals surface area contributed by atoms with Gasteiger partial charge < -0.3 is 10.4 Å². The van der Waals surface area contributed by atoms with Crippen LogP contribution in [0.3, 0.4) is 0 Å². The van der Waals surface area contributed by atoms with Crippen molar-refractivity contribution in [2.75, 3.05) is 0 Å². The Labute approximate surface area is 115 Å². The van der Waals surface area contributed by atoms with Gasteiger partial charge >= 0.3 is 12.1 Å². The average Bonchev–Trinajstić information content (AvgIpc) is 2.24. The van der Waals surface area contributed by atoms with Gasteiger partial charge in [-0.2, -0.15) is 13.2 Å². The van der Waals surface area contributed by atoms with Gasteiger partial charge in [0, 0.05) is 5.92 Å². The van der Waals surface area contributed by atoms with Gasteiger partial charge in [-0.25, -0.2) is 4.79 Å². The summed E-state index contributed by atoms with van der Waals surface area (Å²) in [6, 6.07) is -1.91. The molecule has 0 aromatic rings. The van der Waals surface area contributed by atoms with E-state index < -0.39 is 36.4 Å². The maximum absolute atomic E-state index is 12.3. The highest BCUT2D eigenvalue weighted by Crippen LogP contribution is 2.38. The maximum Gasteiger partial charge on any atom is 0.391 e. The second kappa shape index (κ2) is 6.01. The normalized spacial score (nSPS) is 23.9. The molecule has 1 aliphatic carbocycles. The van der Waals surface area contributed by atoms with Gasteiger partial charge in [-0.15, -0.1) is 0 Å². The Hall–Kier alpha value is -1.27. The molecule has 0 saturated heterocycles. The zero-order valence-corrected chi connectivity index (χ0v) is 11.6. The van der Waals surface area contributed by atoms with Crippen molar-refractivity contribution in [2.24, 2.45) is 11.3 Å². The first-order valence-electron chi connectivity index (χ1n) is 6.60. The Balaban J connectivity index is 2.64. The molecule has 0 spiro atoms. The van der Waals surface area contributed by atoms with Crippen LogP contribution < -0.4 is 5.32 Å². The van der Waals surface area contributed by atoms with Crippen LogP contribution in [0.2, 0.25) is 0 Å². The monoisotopic (exact) mass is 295 g/mol. The maximum atomic E-state index is 12.3. The minimum atomic E-state index is -4.62. The fraction of sp³-hybridized carbons (Fsp3) is 0.846. The summed E-state index contributed by atoms with van der Waals surface area (Å²) in [5.74, 6) is -2.66. The number of hydrogen-bond donors (Lipinski definition) is 2. The lowest BCUT2D eigenvalue weighted by molar-refractivity contribution is -0.160. The molecule has 2 N–H and O–H groups in total. The van der Waals surface area contributed by atoms with Gasteiger partial charge in [0.05, 0.1) is 6.42 Å². The van der Waals surface area contributed by atoms with Gasteiger partial charge in [-0.1, -0.05) is 20.3 Å². The van der Waals surface area contributed by atoms with E-state index >= 15 is 0 Å². The van der Waals surface area contributed by atoms with Crippen molar-refractivity contribution >= 4 is 11.9 Å². The number of carbonyl (C=O) groups is 2. The molecule has 1 fully saturated rings. The summed E-state index contributed by atoms with van der Waals surface area (Å²) in [4.78, 5) is 22.8. The van der Waals surface area contributed by atoms with Crippen molar-refractivity contribution in [1.82, 2.24) is 5.32 Å². The molecule has 0 aromatic heterocycles. The molecule has 116 valence electrons. The Kier molecular flexibility index (Phi) is 5.05. The molecule has 1 rings (SSSR count). The fourth-order valence-electron chi connectivity index (χ4n) is 2.64. The van der Waals surface area contributed by atoms with Crippen LogP contribution in [0.1, 0.15) is 46.0 Å². The first kappa shape index (κ1) is 16.8. The van der Waals surface area contributed by atoms with Crippen molar-refractivity contribution in [2.45, 2.75) is 58.2 Å². The number of aliphatic carboxylic acids is 1. The van der Waals surface area contributed by atoms with Crippen LogP contribution in [0.5, 0.6) is 0 Å². The topological polar surface area (TPSA) is 66.4 Å². The molecule has 20 heavy (non-hydrogen) atoms. The number of halogens is 3. The van der Waals surface area contributed by atoms with Crippen LogP contribution in [0.4, 0.5) is 13.2 Å². The van der Waals surface area contributed by atoms with E-state index in [9.17, 15) is 22.8 Å². The van der Waals surface area contributed by atoms with E-state index in [0.717, 1.165) is 12.8 Å². The Morgan fingerprint density at radius 3 is 2.45 bits per heavy atom. The molecule has 2 atom stereocenters. The van der Waals surface area contributed by atoms with Crippen LogP contribution in [-0.4, -0.2) is 29.2 Å². The van der Waals surface area contributed by atoms with E-state index in [-0.39, 0.29) is 5.41 Å². The highest BCUT2D eigenvalue weighted by atomic mass is 19.4. The van der Waals surface area contributed by atoms with Crippen molar-refractivity contribution in [3.8, 4) is 0 Å². The minimum Gasteiger partial charge on any atom is -0.480 e. The van der Waals surface area contributed by atoms with Crippen LogP contribution >= 0.6 is 0 Å². The van der Waals surface area contributed by atoms with Crippen molar-refractivity contribution in [1.29, 1.82) is 0 Å². The van der Waals surface area contributed by atoms with Crippen molar-refractivity contribution in [3.63, 3.8) is 0 Å². The first-order valence-corrected chi connectivity index (χ1v) is 6.60. The van der Waals surface area contributed by atoms with Gasteiger partial charge in [0.1, 0.15) is 6.04 Å². The molecule has 0 radical (unpaired) electrons. The molecule has 2 unspecified atom stereocenters. The standard InChI is InChI=1S/C13H20F3NO3/c1-12(2)5-3-4-8(6-12)10(18)17-9(11(19)20)7-13(14,15)16/h8-9H,3-7H2,1-2H3,(H,17,18)(H,19,20). The SMILES string of the molecule is CC1(C)CCCC(C(=O)NC(CC(F)(F)F)C(=O)O)C1. The summed E-state index contributed by atoms with van der Waals surface area (Å²) in [6.45, 7) is 3.99. The van der Waals surface area contributed by atoms with Crippen LogP contribution in [0, 0.1) is 11.3 Å². The molecule has 1 aliphatic rings. The van der Waals surface area contributed by atoms with Gasteiger partial charge in [0.25, 0.3) is 0 Å². The molecule has 0 heterocycles. The summed E-state index contributed by atoms with van der Waals surface area (Å²) in [6.07, 6.45) is -3.24. The lowest BCUT2D eigenvalue weighted by atomic mass is 9.72. The second-order valence-electron chi connectivity index (χ2n) is 6.18. The summed E-state index contributed by atoms with van der Waals surface area (Å²) in [5.41, 5.74) is -0.0387. The number of alkyl halides is 3. The summed E-state index contributed by atoms with van der Waals surface area (Å²) < 4.78 is 36.8. The Morgan fingerprint density at radius 1 is 1.40 bits per heavy atom. The van der Waals surface area contributed by atoms with E-state index in [1.807, 2.05) is 19.2 Å². The molecular weight excluding hydrogens is 275 g/mol. The quantitative estimate of drug-likeness (QED) is 0.838. The third-order valence-electron chi connectivity index (χ3n) is 3.63. The average molecular weight is 295 g/mol. The molecule has 4 nitrogen and oxygen atoms in total. The van der Waals surface area contributed by atoms with E-state index in [0.29, 0.717) is 12.8 Å². The zero-order chi connectivity index (χ0) is 15.6. The third-order valence-corrected chi connectivity index (χ3v) is 3.63. The number of carbonyl (C=O) groups excluding carboxylic acids is 1. The molecule has 7 heteroatoms. The molecule has 1 saturated carbocycles. The Bertz CT molecular complexity index is 380. The fourth-order valence-corrected chi connectivity index (χ4v) is 2.64. The summed E-state index contributed by atoms with van der Waals surface area (Å²) >= 11 is 0. The number of carboxylic acids is 1. The zero-order valence-electron chi connectivity index (χ0n) is 11.6. The lowest BCUT2D eigenvalue weighted by Crippen LogP contribution is -2.47. The Morgan fingerprint density at radius 2 is 2.00 bits per heavy atom. The van der Waals surface area contributed by atoms with Crippen LogP contribution in [0.15, 0.2) is 0 Å². The number of carboxylic acid groups (broad SMARTS) is 1. The second-order valence-corrected chi connectivity index (χ2v) is 6.18. The van der Waals surface area contributed by atoms with E-state index in [2.05, 4.69) is 0 Å². The molecule has 0 bridgehead atoms. The lowest BCUT2D eigenvalue weighted by Gasteiger charge is -2.34. The molecule has 0 aliphatic heterocycles. The van der Waals surface area contributed by atoms with Gasteiger partial charge in [0.2, 0.25) is 5.91 Å². The van der Waals surface area contributed by atoms with E-state index in [1.165, 1.54) is 0 Å². The van der Waals surface area contributed by atoms with Crippen molar-refractivity contribution < 1.29 is 27.9 Å². The molecule has 1 amide bonds.